The molecule has 3 rings (SSSR count). The van der Waals surface area contributed by atoms with E-state index in [0.717, 1.165) is 43.4 Å². The molecular weight excluding hydrogens is 382 g/mol. The fourth-order valence-electron chi connectivity index (χ4n) is 3.78. The van der Waals surface area contributed by atoms with Gasteiger partial charge in [0.15, 0.2) is 0 Å². The number of nitrogens with zero attached hydrogens (tertiary/aromatic N) is 4. The minimum absolute atomic E-state index is 0.422. The summed E-state index contributed by atoms with van der Waals surface area (Å²) in [5, 5.41) is 17.2. The molecule has 0 radical (unpaired) electrons. The molecule has 1 aromatic heterocycles. The number of hydrogen-bond donors (Lipinski definition) is 2. The maximum atomic E-state index is 11.1. The van der Waals surface area contributed by atoms with Gasteiger partial charge < -0.3 is 0 Å². The lowest BCUT2D eigenvalue weighted by Crippen LogP contribution is -2.28. The van der Waals surface area contributed by atoms with E-state index in [1.807, 2.05) is 16.8 Å². The smallest absolute Gasteiger partial charge is 0.267 e. The molecule has 2 heterocycles. The monoisotopic (exact) mass is 413 g/mol. The van der Waals surface area contributed by atoms with Crippen LogP contribution in [0.3, 0.4) is 0 Å². The number of amides is 1. The zero-order valence-corrected chi connectivity index (χ0v) is 18.5. The summed E-state index contributed by atoms with van der Waals surface area (Å²) in [6, 6.07) is 8.70. The Morgan fingerprint density at radius 2 is 2.07 bits per heavy atom. The second kappa shape index (κ2) is 9.47. The summed E-state index contributed by atoms with van der Waals surface area (Å²) in [5.41, 5.74) is 4.89. The van der Waals surface area contributed by atoms with Gasteiger partial charge in [0.1, 0.15) is 0 Å². The molecule has 1 aliphatic heterocycles. The Kier molecular flexibility index (Phi) is 6.99. The largest absolute Gasteiger partial charge is 0.296 e. The Labute approximate surface area is 173 Å². The summed E-state index contributed by atoms with van der Waals surface area (Å²) >= 11 is 0. The molecule has 29 heavy (non-hydrogen) atoms. The first-order valence-electron chi connectivity index (χ1n) is 10.2. The summed E-state index contributed by atoms with van der Waals surface area (Å²) in [7, 11) is -1.20. The zero-order valence-electron chi connectivity index (χ0n) is 17.5. The summed E-state index contributed by atoms with van der Waals surface area (Å²) in [4.78, 5) is 13.6. The molecule has 1 amide bonds. The standard InChI is InChI=1S/C21H31N5O2Si/c1-29(2,3)16-26-15-19(22-24-26)12-14-25-13-4-5-20(25)18-9-6-17(7-10-18)8-11-21(27)23-28/h6-11,15,20,28H,4-5,12-14,16H2,1-3H3,(H,23,27)/b11-8+. The minimum Gasteiger partial charge on any atom is -0.296 e. The van der Waals surface area contributed by atoms with Gasteiger partial charge in [0.2, 0.25) is 0 Å². The fourth-order valence-corrected chi connectivity index (χ4v) is 4.91. The second-order valence-electron chi connectivity index (χ2n) is 8.89. The third-order valence-electron chi connectivity index (χ3n) is 5.10. The molecule has 0 saturated carbocycles. The van der Waals surface area contributed by atoms with Gasteiger partial charge >= 0.3 is 0 Å². The van der Waals surface area contributed by atoms with Gasteiger partial charge in [-0.15, -0.1) is 5.10 Å². The summed E-state index contributed by atoms with van der Waals surface area (Å²) in [6.45, 7) is 9.10. The summed E-state index contributed by atoms with van der Waals surface area (Å²) in [6.07, 6.45) is 9.38. The molecule has 2 N–H and O–H groups in total. The molecule has 7 nitrogen and oxygen atoms in total. The molecule has 0 spiro atoms. The maximum absolute atomic E-state index is 11.1. The highest BCUT2D eigenvalue weighted by Gasteiger charge is 2.25. The van der Waals surface area contributed by atoms with Crippen LogP contribution in [-0.2, 0) is 17.4 Å². The van der Waals surface area contributed by atoms with Gasteiger partial charge in [-0.25, -0.2) is 5.48 Å². The predicted octanol–water partition coefficient (Wildman–Crippen LogP) is 3.05. The molecule has 1 unspecified atom stereocenters. The van der Waals surface area contributed by atoms with Crippen LogP contribution in [0.2, 0.25) is 19.6 Å². The van der Waals surface area contributed by atoms with Gasteiger partial charge in [-0.2, -0.15) is 0 Å². The molecule has 1 aliphatic rings. The lowest BCUT2D eigenvalue weighted by molar-refractivity contribution is -0.124. The normalized spacial score (nSPS) is 17.9. The molecule has 156 valence electrons. The Morgan fingerprint density at radius 1 is 1.31 bits per heavy atom. The highest BCUT2D eigenvalue weighted by molar-refractivity contribution is 6.74. The molecule has 1 aromatic carbocycles. The molecule has 0 aliphatic carbocycles. The van der Waals surface area contributed by atoms with Crippen molar-refractivity contribution in [2.45, 2.75) is 51.1 Å². The van der Waals surface area contributed by atoms with E-state index in [4.69, 9.17) is 5.21 Å². The van der Waals surface area contributed by atoms with Crippen molar-refractivity contribution in [2.24, 2.45) is 0 Å². The Balaban J connectivity index is 1.57. The third kappa shape index (κ3) is 6.35. The van der Waals surface area contributed by atoms with E-state index in [2.05, 4.69) is 53.2 Å². The van der Waals surface area contributed by atoms with Crippen LogP contribution in [0.5, 0.6) is 0 Å². The van der Waals surface area contributed by atoms with E-state index >= 15 is 0 Å². The second-order valence-corrected chi connectivity index (χ2v) is 14.3. The van der Waals surface area contributed by atoms with Gasteiger partial charge in [-0.3, -0.25) is 19.6 Å². The van der Waals surface area contributed by atoms with Crippen molar-refractivity contribution >= 4 is 20.1 Å². The van der Waals surface area contributed by atoms with Gasteiger partial charge in [-0.05, 0) is 36.6 Å². The highest BCUT2D eigenvalue weighted by Crippen LogP contribution is 2.32. The van der Waals surface area contributed by atoms with Gasteiger partial charge in [0.05, 0.1) is 13.8 Å². The first-order chi connectivity index (χ1) is 13.8. The summed E-state index contributed by atoms with van der Waals surface area (Å²) < 4.78 is 2.01. The van der Waals surface area contributed by atoms with E-state index in [9.17, 15) is 4.79 Å². The lowest BCUT2D eigenvalue weighted by Gasteiger charge is -2.24. The van der Waals surface area contributed by atoms with Crippen LogP contribution in [0.25, 0.3) is 6.08 Å². The van der Waals surface area contributed by atoms with Gasteiger partial charge in [-0.1, -0.05) is 49.1 Å². The first-order valence-corrected chi connectivity index (χ1v) is 13.9. The highest BCUT2D eigenvalue weighted by atomic mass is 28.3. The van der Waals surface area contributed by atoms with Crippen molar-refractivity contribution in [3.63, 3.8) is 0 Å². The van der Waals surface area contributed by atoms with Gasteiger partial charge in [0.25, 0.3) is 5.91 Å². The molecule has 2 aromatic rings. The SMILES string of the molecule is C[Si](C)(C)Cn1cc(CCN2CCCC2c2ccc(/C=C/C(=O)NO)cc2)nn1. The zero-order chi connectivity index (χ0) is 20.9. The predicted molar refractivity (Wildman–Crippen MR) is 116 cm³/mol. The average molecular weight is 414 g/mol. The first kappa shape index (κ1) is 21.4. The fraction of sp³-hybridized carbons (Fsp3) is 0.476. The van der Waals surface area contributed by atoms with Crippen molar-refractivity contribution in [2.75, 3.05) is 13.1 Å². The van der Waals surface area contributed by atoms with Crippen molar-refractivity contribution in [3.8, 4) is 0 Å². The number of carbonyl (C=O) groups excluding carboxylic acids is 1. The van der Waals surface area contributed by atoms with Crippen LogP contribution >= 0.6 is 0 Å². The van der Waals surface area contributed by atoms with Crippen LogP contribution in [0.15, 0.2) is 36.5 Å². The maximum Gasteiger partial charge on any atom is 0.267 e. The van der Waals surface area contributed by atoms with E-state index in [0.29, 0.717) is 6.04 Å². The van der Waals surface area contributed by atoms with Crippen molar-refractivity contribution < 1.29 is 10.0 Å². The Hall–Kier alpha value is -2.29. The third-order valence-corrected chi connectivity index (χ3v) is 6.37. The van der Waals surface area contributed by atoms with Crippen molar-refractivity contribution in [1.29, 1.82) is 0 Å². The van der Waals surface area contributed by atoms with Crippen LogP contribution < -0.4 is 5.48 Å². The van der Waals surface area contributed by atoms with Crippen molar-refractivity contribution in [3.05, 3.63) is 53.4 Å². The van der Waals surface area contributed by atoms with E-state index in [1.165, 1.54) is 18.1 Å². The number of hydrogen-bond acceptors (Lipinski definition) is 5. The molecule has 8 heteroatoms. The van der Waals surface area contributed by atoms with Crippen LogP contribution in [0.1, 0.15) is 35.7 Å². The Bertz CT molecular complexity index is 842. The topological polar surface area (TPSA) is 83.3 Å². The van der Waals surface area contributed by atoms with E-state index < -0.39 is 14.0 Å². The Morgan fingerprint density at radius 3 is 2.76 bits per heavy atom. The summed E-state index contributed by atoms with van der Waals surface area (Å²) in [5.74, 6) is -0.530. The van der Waals surface area contributed by atoms with E-state index in [1.54, 1.807) is 11.6 Å². The van der Waals surface area contributed by atoms with E-state index in [-0.39, 0.29) is 0 Å². The number of rotatable bonds is 8. The van der Waals surface area contributed by atoms with Crippen LogP contribution in [-0.4, -0.2) is 52.2 Å². The van der Waals surface area contributed by atoms with Crippen molar-refractivity contribution in [1.82, 2.24) is 25.4 Å². The quantitative estimate of drug-likeness (QED) is 0.301. The molecule has 1 saturated heterocycles. The minimum atomic E-state index is -1.20. The molecule has 1 fully saturated rings. The number of carbonyl (C=O) groups is 1. The number of likely N-dealkylation sites (tertiary alicyclic amines) is 1. The molecule has 1 atom stereocenters. The van der Waals surface area contributed by atoms with Crippen LogP contribution in [0, 0.1) is 0 Å². The molecular formula is C21H31N5O2Si. The number of benzene rings is 1. The number of aromatic nitrogens is 3. The average Bonchev–Trinajstić information content (AvgIpc) is 3.32. The van der Waals surface area contributed by atoms with Gasteiger partial charge in [0, 0.05) is 37.4 Å². The number of hydroxylamine groups is 1. The lowest BCUT2D eigenvalue weighted by atomic mass is 10.0. The van der Waals surface area contributed by atoms with Crippen LogP contribution in [0.4, 0.5) is 0 Å². The number of nitrogens with one attached hydrogen (secondary N) is 1. The molecule has 0 bridgehead atoms.